The van der Waals surface area contributed by atoms with E-state index < -0.39 is 5.97 Å². The number of hydrogen-bond donors (Lipinski definition) is 0. The van der Waals surface area contributed by atoms with Gasteiger partial charge in [0.1, 0.15) is 12.4 Å². The molecule has 0 N–H and O–H groups in total. The van der Waals surface area contributed by atoms with Crippen molar-refractivity contribution in [3.05, 3.63) is 18.2 Å². The Labute approximate surface area is 103 Å². The number of carboxylic acids is 1. The van der Waals surface area contributed by atoms with Crippen LogP contribution < -0.4 is 9.67 Å². The van der Waals surface area contributed by atoms with Crippen LogP contribution in [0.3, 0.4) is 0 Å². The molecular formula is C13H22N2O2. The molecule has 1 aromatic heterocycles. The highest BCUT2D eigenvalue weighted by Crippen LogP contribution is 2.05. The van der Waals surface area contributed by atoms with Crippen molar-refractivity contribution < 1.29 is 14.5 Å². The number of nitrogens with zero attached hydrogens (tertiary/aromatic N) is 2. The Hall–Kier alpha value is -1.32. The molecule has 0 atom stereocenters. The molecule has 4 nitrogen and oxygen atoms in total. The molecule has 0 aliphatic carbocycles. The minimum atomic E-state index is -0.964. The van der Waals surface area contributed by atoms with Crippen LogP contribution in [0.2, 0.25) is 0 Å². The number of carbonyl (C=O) groups is 1. The first-order chi connectivity index (χ1) is 8.15. The number of carboxylic acid groups (broad SMARTS) is 1. The summed E-state index contributed by atoms with van der Waals surface area (Å²) in [7, 11) is 2.04. The third-order valence-electron chi connectivity index (χ3n) is 2.99. The maximum Gasteiger partial charge on any atom is 0.256 e. The number of aliphatic carboxylic acids is 1. The lowest BCUT2D eigenvalue weighted by atomic mass is 10.2. The van der Waals surface area contributed by atoms with E-state index in [1.165, 1.54) is 25.1 Å². The molecule has 0 saturated heterocycles. The van der Waals surface area contributed by atoms with E-state index in [1.807, 2.05) is 19.4 Å². The molecule has 0 bridgehead atoms. The number of carbonyl (C=O) groups excluding carboxylic acids is 1. The largest absolute Gasteiger partial charge is 0.550 e. The maximum absolute atomic E-state index is 10.4. The van der Waals surface area contributed by atoms with E-state index in [0.717, 1.165) is 13.0 Å². The van der Waals surface area contributed by atoms with Gasteiger partial charge >= 0.3 is 0 Å². The molecule has 17 heavy (non-hydrogen) atoms. The molecule has 0 fully saturated rings. The fourth-order valence-corrected chi connectivity index (χ4v) is 2.01. The lowest BCUT2D eigenvalue weighted by molar-refractivity contribution is -0.678. The van der Waals surface area contributed by atoms with Crippen molar-refractivity contribution in [1.82, 2.24) is 4.57 Å². The summed E-state index contributed by atoms with van der Waals surface area (Å²) in [5.41, 5.74) is 0. The lowest BCUT2D eigenvalue weighted by Crippen LogP contribution is -2.32. The van der Waals surface area contributed by atoms with Crippen molar-refractivity contribution in [3.8, 4) is 0 Å². The topological polar surface area (TPSA) is 48.9 Å². The van der Waals surface area contributed by atoms with Gasteiger partial charge in [-0.3, -0.25) is 0 Å². The van der Waals surface area contributed by atoms with Gasteiger partial charge in [0.25, 0.3) is 5.82 Å². The van der Waals surface area contributed by atoms with Gasteiger partial charge in [-0.1, -0.05) is 19.8 Å². The van der Waals surface area contributed by atoms with E-state index in [1.54, 1.807) is 0 Å². The molecule has 4 heteroatoms. The summed E-state index contributed by atoms with van der Waals surface area (Å²) < 4.78 is 4.27. The first kappa shape index (κ1) is 13.7. The summed E-state index contributed by atoms with van der Waals surface area (Å²) >= 11 is 0. The number of imidazole rings is 1. The zero-order valence-electron chi connectivity index (χ0n) is 10.8. The zero-order valence-corrected chi connectivity index (χ0v) is 10.8. The molecule has 0 aliphatic rings. The van der Waals surface area contributed by atoms with Gasteiger partial charge in [0.15, 0.2) is 0 Å². The van der Waals surface area contributed by atoms with Gasteiger partial charge in [-0.15, -0.1) is 0 Å². The fraction of sp³-hybridized carbons (Fsp3) is 0.692. The van der Waals surface area contributed by atoms with Crippen LogP contribution in [0.1, 0.15) is 44.9 Å². The molecular weight excluding hydrogens is 216 g/mol. The molecule has 1 aromatic rings. The SMILES string of the molecule is CCCCCc1n(CCCC(=O)[O-])cc[n+]1C. The van der Waals surface area contributed by atoms with Crippen LogP contribution in [-0.4, -0.2) is 10.5 Å². The Morgan fingerprint density at radius 3 is 2.82 bits per heavy atom. The highest BCUT2D eigenvalue weighted by molar-refractivity contribution is 5.64. The van der Waals surface area contributed by atoms with E-state index >= 15 is 0 Å². The van der Waals surface area contributed by atoms with E-state index in [2.05, 4.69) is 16.1 Å². The summed E-state index contributed by atoms with van der Waals surface area (Å²) in [6.45, 7) is 2.95. The predicted molar refractivity (Wildman–Crippen MR) is 63.1 cm³/mol. The van der Waals surface area contributed by atoms with E-state index in [4.69, 9.17) is 0 Å². The van der Waals surface area contributed by atoms with Crippen LogP contribution in [0.25, 0.3) is 0 Å². The third-order valence-corrected chi connectivity index (χ3v) is 2.99. The van der Waals surface area contributed by atoms with Gasteiger partial charge in [-0.25, -0.2) is 9.13 Å². The molecule has 0 aliphatic heterocycles. The van der Waals surface area contributed by atoms with Crippen LogP contribution >= 0.6 is 0 Å². The number of aryl methyl sites for hydroxylation is 2. The Bertz CT molecular complexity index is 358. The predicted octanol–water partition coefficient (Wildman–Crippen LogP) is 0.575. The van der Waals surface area contributed by atoms with E-state index in [0.29, 0.717) is 6.42 Å². The Kier molecular flexibility index (Phi) is 5.73. The first-order valence-electron chi connectivity index (χ1n) is 6.38. The molecule has 0 aromatic carbocycles. The molecule has 0 amide bonds. The standard InChI is InChI=1S/C13H22N2O2/c1-3-4-5-7-12-14(2)10-11-15(12)9-6-8-13(16)17/h10-11H,3-9H2,1-2H3. The number of aromatic nitrogens is 2. The normalized spacial score (nSPS) is 10.7. The Morgan fingerprint density at radius 1 is 1.41 bits per heavy atom. The highest BCUT2D eigenvalue weighted by atomic mass is 16.4. The third kappa shape index (κ3) is 4.59. The minimum absolute atomic E-state index is 0.135. The minimum Gasteiger partial charge on any atom is -0.550 e. The Balaban J connectivity index is 2.50. The molecule has 1 rings (SSSR count). The van der Waals surface area contributed by atoms with Crippen molar-refractivity contribution in [1.29, 1.82) is 0 Å². The van der Waals surface area contributed by atoms with Crippen LogP contribution in [0.4, 0.5) is 0 Å². The summed E-state index contributed by atoms with van der Waals surface area (Å²) in [6.07, 6.45) is 9.53. The second kappa shape index (κ2) is 7.09. The van der Waals surface area contributed by atoms with Crippen molar-refractivity contribution in [2.24, 2.45) is 7.05 Å². The monoisotopic (exact) mass is 238 g/mol. The quantitative estimate of drug-likeness (QED) is 0.491. The summed E-state index contributed by atoms with van der Waals surface area (Å²) in [5.74, 6) is 0.311. The lowest BCUT2D eigenvalue weighted by Gasteiger charge is -2.03. The zero-order chi connectivity index (χ0) is 12.7. The second-order valence-electron chi connectivity index (χ2n) is 4.45. The summed E-state index contributed by atoms with van der Waals surface area (Å²) in [4.78, 5) is 10.4. The van der Waals surface area contributed by atoms with Crippen LogP contribution in [0.5, 0.6) is 0 Å². The smallest absolute Gasteiger partial charge is 0.256 e. The first-order valence-corrected chi connectivity index (χ1v) is 6.38. The van der Waals surface area contributed by atoms with Crippen molar-refractivity contribution >= 4 is 5.97 Å². The number of rotatable bonds is 8. The van der Waals surface area contributed by atoms with Crippen LogP contribution in [0, 0.1) is 0 Å². The van der Waals surface area contributed by atoms with E-state index in [-0.39, 0.29) is 6.42 Å². The van der Waals surface area contributed by atoms with Gasteiger partial charge in [-0.05, 0) is 19.3 Å². The van der Waals surface area contributed by atoms with Gasteiger partial charge in [0.05, 0.1) is 13.6 Å². The number of hydrogen-bond acceptors (Lipinski definition) is 2. The second-order valence-corrected chi connectivity index (χ2v) is 4.45. The van der Waals surface area contributed by atoms with Gasteiger partial charge < -0.3 is 9.90 Å². The summed E-state index contributed by atoms with van der Waals surface area (Å²) in [5, 5.41) is 10.4. The van der Waals surface area contributed by atoms with Crippen molar-refractivity contribution in [2.45, 2.75) is 52.0 Å². The Morgan fingerprint density at radius 2 is 2.18 bits per heavy atom. The molecule has 0 unspecified atom stereocenters. The van der Waals surface area contributed by atoms with Crippen molar-refractivity contribution in [2.75, 3.05) is 0 Å². The molecule has 1 heterocycles. The average molecular weight is 238 g/mol. The van der Waals surface area contributed by atoms with Gasteiger partial charge in [-0.2, -0.15) is 0 Å². The molecule has 96 valence electrons. The number of unbranched alkanes of at least 4 members (excludes halogenated alkanes) is 2. The molecule has 0 radical (unpaired) electrons. The van der Waals surface area contributed by atoms with Crippen LogP contribution in [0.15, 0.2) is 12.4 Å². The van der Waals surface area contributed by atoms with Gasteiger partial charge in [0, 0.05) is 12.4 Å². The maximum atomic E-state index is 10.4. The molecule has 0 saturated carbocycles. The molecule has 0 spiro atoms. The van der Waals surface area contributed by atoms with Crippen molar-refractivity contribution in [3.63, 3.8) is 0 Å². The average Bonchev–Trinajstić information content (AvgIpc) is 2.61. The summed E-state index contributed by atoms with van der Waals surface area (Å²) in [6, 6.07) is 0. The van der Waals surface area contributed by atoms with E-state index in [9.17, 15) is 9.90 Å². The van der Waals surface area contributed by atoms with Crippen LogP contribution in [-0.2, 0) is 24.8 Å². The van der Waals surface area contributed by atoms with Gasteiger partial charge in [0.2, 0.25) is 0 Å². The fourth-order valence-electron chi connectivity index (χ4n) is 2.01. The highest BCUT2D eigenvalue weighted by Gasteiger charge is 2.13.